The van der Waals surface area contributed by atoms with Crippen LogP contribution in [0, 0.1) is 17.8 Å². The van der Waals surface area contributed by atoms with Gasteiger partial charge in [-0.2, -0.15) is 0 Å². The van der Waals surface area contributed by atoms with E-state index in [0.29, 0.717) is 37.2 Å². The highest BCUT2D eigenvalue weighted by molar-refractivity contribution is 5.95. The predicted octanol–water partition coefficient (Wildman–Crippen LogP) is 4.16. The summed E-state index contributed by atoms with van der Waals surface area (Å²) in [7, 11) is 0. The lowest BCUT2D eigenvalue weighted by Gasteiger charge is -2.55. The van der Waals surface area contributed by atoms with Gasteiger partial charge in [0, 0.05) is 19.1 Å². The number of amides is 3. The lowest BCUT2D eigenvalue weighted by Crippen LogP contribution is -2.58. The Bertz CT molecular complexity index is 1430. The van der Waals surface area contributed by atoms with Crippen molar-refractivity contribution in [2.24, 2.45) is 23.5 Å². The molecule has 3 aliphatic rings. The monoisotopic (exact) mass is 659 g/mol. The first-order chi connectivity index (χ1) is 23.0. The highest BCUT2D eigenvalue weighted by Gasteiger charge is 2.62. The van der Waals surface area contributed by atoms with Crippen molar-refractivity contribution in [2.45, 2.75) is 102 Å². The molecule has 262 valence electrons. The van der Waals surface area contributed by atoms with E-state index in [1.165, 1.54) is 11.1 Å². The van der Waals surface area contributed by atoms with E-state index in [2.05, 4.69) is 40.8 Å². The molecule has 6 atom stereocenters. The maximum Gasteiger partial charge on any atom is 0.242 e. The highest BCUT2D eigenvalue weighted by Crippen LogP contribution is 2.56. The molecule has 1 saturated carbocycles. The summed E-state index contributed by atoms with van der Waals surface area (Å²) in [5.41, 5.74) is 8.45. The summed E-state index contributed by atoms with van der Waals surface area (Å²) in [5.74, 6) is 0.421. The quantitative estimate of drug-likeness (QED) is 0.172. The number of phenolic OH excluding ortho intramolecular Hbond substituents is 1. The van der Waals surface area contributed by atoms with Crippen LogP contribution in [0.1, 0.15) is 89.3 Å². The SMILES string of the molecule is CC(C)C[C@@H](NC(=O)CNC(=O)[C@@]1(c2ccccc2)C[C@H]1CN1CC[C@@]2(C)c3cc(O)ccc3C[C@@H]1[C@@H]2C)C(=O)NCCCCCCN. The maximum atomic E-state index is 14.0. The molecule has 0 radical (unpaired) electrons. The van der Waals surface area contributed by atoms with Gasteiger partial charge in [0.05, 0.1) is 12.0 Å². The Kier molecular flexibility index (Phi) is 11.5. The number of piperidine rings is 1. The van der Waals surface area contributed by atoms with E-state index in [-0.39, 0.29) is 41.5 Å². The Balaban J connectivity index is 1.21. The molecule has 48 heavy (non-hydrogen) atoms. The van der Waals surface area contributed by atoms with Crippen LogP contribution in [0.15, 0.2) is 48.5 Å². The number of hydrogen-bond acceptors (Lipinski definition) is 6. The number of phenols is 1. The minimum Gasteiger partial charge on any atom is -0.508 e. The van der Waals surface area contributed by atoms with E-state index < -0.39 is 11.5 Å². The average Bonchev–Trinajstić information content (AvgIpc) is 3.79. The lowest BCUT2D eigenvalue weighted by atomic mass is 9.59. The zero-order valence-electron chi connectivity index (χ0n) is 29.4. The molecule has 0 aromatic heterocycles. The standard InChI is InChI=1S/C39H57N5O4/c1-26(2)20-33(36(47)41-18-11-6-5-10-17-40)43-35(46)24-42-37(48)39(29-12-8-7-9-13-29)23-30(39)25-44-19-16-38(4)27(3)34(44)21-28-14-15-31(45)22-32(28)38/h7-9,12-15,22,26-27,30,33-34,45H,5-6,10-11,16-21,23-25,40H2,1-4H3,(H,41,47)(H,42,48)(H,43,46)/t27-,30-,33+,34+,38+,39+/m0/s1. The molecule has 3 amide bonds. The Hall–Kier alpha value is -3.43. The second-order valence-electron chi connectivity index (χ2n) is 15.2. The zero-order chi connectivity index (χ0) is 34.5. The van der Waals surface area contributed by atoms with E-state index >= 15 is 0 Å². The summed E-state index contributed by atoms with van der Waals surface area (Å²) in [6, 6.07) is 15.5. The number of fused-ring (bicyclic) bond motifs is 4. The van der Waals surface area contributed by atoms with Gasteiger partial charge in [-0.3, -0.25) is 19.3 Å². The molecule has 2 fully saturated rings. The fourth-order valence-corrected chi connectivity index (χ4v) is 8.48. The Labute approximate surface area is 286 Å². The van der Waals surface area contributed by atoms with Gasteiger partial charge in [0.2, 0.25) is 17.7 Å². The van der Waals surface area contributed by atoms with Crippen LogP contribution >= 0.6 is 0 Å². The number of unbranched alkanes of at least 4 members (excludes halogenated alkanes) is 3. The van der Waals surface area contributed by atoms with Crippen molar-refractivity contribution >= 4 is 17.7 Å². The van der Waals surface area contributed by atoms with Gasteiger partial charge in [-0.15, -0.1) is 0 Å². The Morgan fingerprint density at radius 3 is 2.52 bits per heavy atom. The van der Waals surface area contributed by atoms with Gasteiger partial charge >= 0.3 is 0 Å². The summed E-state index contributed by atoms with van der Waals surface area (Å²) in [5, 5.41) is 19.1. The molecule has 0 unspecified atom stereocenters. The van der Waals surface area contributed by atoms with Crippen LogP contribution in [-0.2, 0) is 31.6 Å². The van der Waals surface area contributed by atoms with E-state index in [1.54, 1.807) is 6.07 Å². The lowest BCUT2D eigenvalue weighted by molar-refractivity contribution is -0.130. The molecule has 6 N–H and O–H groups in total. The van der Waals surface area contributed by atoms with Crippen LogP contribution in [0.3, 0.4) is 0 Å². The fraction of sp³-hybridized carbons (Fsp3) is 0.615. The second-order valence-corrected chi connectivity index (χ2v) is 15.2. The van der Waals surface area contributed by atoms with Crippen LogP contribution in [0.25, 0.3) is 0 Å². The topological polar surface area (TPSA) is 137 Å². The van der Waals surface area contributed by atoms with Gasteiger partial charge in [-0.05, 0) is 104 Å². The number of nitrogens with one attached hydrogen (secondary N) is 3. The van der Waals surface area contributed by atoms with E-state index in [4.69, 9.17) is 5.73 Å². The van der Waals surface area contributed by atoms with Gasteiger partial charge in [0.25, 0.3) is 0 Å². The van der Waals surface area contributed by atoms with Crippen LogP contribution in [0.4, 0.5) is 0 Å². The number of aromatic hydroxyl groups is 1. The maximum absolute atomic E-state index is 14.0. The fourth-order valence-electron chi connectivity index (χ4n) is 8.48. The summed E-state index contributed by atoms with van der Waals surface area (Å²) >= 11 is 0. The average molecular weight is 660 g/mol. The zero-order valence-corrected chi connectivity index (χ0v) is 29.4. The van der Waals surface area contributed by atoms with Crippen LogP contribution in [-0.4, -0.2) is 72.5 Å². The largest absolute Gasteiger partial charge is 0.508 e. The number of nitrogens with zero attached hydrogens (tertiary/aromatic N) is 1. The summed E-state index contributed by atoms with van der Waals surface area (Å²) < 4.78 is 0. The number of hydrogen-bond donors (Lipinski definition) is 5. The van der Waals surface area contributed by atoms with Crippen molar-refractivity contribution < 1.29 is 19.5 Å². The highest BCUT2D eigenvalue weighted by atomic mass is 16.3. The molecule has 2 aromatic rings. The first-order valence-electron chi connectivity index (χ1n) is 18.2. The van der Waals surface area contributed by atoms with Crippen LogP contribution in [0.5, 0.6) is 5.75 Å². The van der Waals surface area contributed by atoms with Crippen molar-refractivity contribution in [3.63, 3.8) is 0 Å². The number of benzene rings is 2. The number of carbonyl (C=O) groups excluding carboxylic acids is 3. The van der Waals surface area contributed by atoms with Crippen molar-refractivity contribution in [1.82, 2.24) is 20.9 Å². The normalized spacial score (nSPS) is 26.8. The smallest absolute Gasteiger partial charge is 0.242 e. The Morgan fingerprint density at radius 2 is 1.79 bits per heavy atom. The third-order valence-electron chi connectivity index (χ3n) is 11.6. The molecule has 1 saturated heterocycles. The number of likely N-dealkylation sites (tertiary alicyclic amines) is 1. The third kappa shape index (κ3) is 7.73. The molecule has 1 aliphatic heterocycles. The first-order valence-corrected chi connectivity index (χ1v) is 18.2. The van der Waals surface area contributed by atoms with Gasteiger partial charge in [0.1, 0.15) is 11.8 Å². The molecule has 5 rings (SSSR count). The second kappa shape index (κ2) is 15.4. The van der Waals surface area contributed by atoms with Crippen LogP contribution < -0.4 is 21.7 Å². The van der Waals surface area contributed by atoms with E-state index in [9.17, 15) is 19.5 Å². The van der Waals surface area contributed by atoms with Crippen molar-refractivity contribution in [1.29, 1.82) is 0 Å². The molecule has 9 nitrogen and oxygen atoms in total. The minimum atomic E-state index is -0.692. The molecule has 2 aromatic carbocycles. The predicted molar refractivity (Wildman–Crippen MR) is 189 cm³/mol. The minimum absolute atomic E-state index is 0.00704. The molecule has 9 heteroatoms. The summed E-state index contributed by atoms with van der Waals surface area (Å²) in [6.07, 6.45) is 7.09. The van der Waals surface area contributed by atoms with Crippen molar-refractivity contribution in [2.75, 3.05) is 32.7 Å². The molecule has 2 bridgehead atoms. The van der Waals surface area contributed by atoms with Gasteiger partial charge < -0.3 is 26.8 Å². The first kappa shape index (κ1) is 35.9. The molecule has 2 aliphatic carbocycles. The van der Waals surface area contributed by atoms with E-state index in [0.717, 1.165) is 63.6 Å². The van der Waals surface area contributed by atoms with Gasteiger partial charge in [-0.25, -0.2) is 0 Å². The molecule has 1 heterocycles. The van der Waals surface area contributed by atoms with Crippen molar-refractivity contribution in [3.05, 3.63) is 65.2 Å². The van der Waals surface area contributed by atoms with Crippen molar-refractivity contribution in [3.8, 4) is 5.75 Å². The number of carbonyl (C=O) groups is 3. The summed E-state index contributed by atoms with van der Waals surface area (Å²) in [4.78, 5) is 42.7. The van der Waals surface area contributed by atoms with E-state index in [1.807, 2.05) is 50.2 Å². The summed E-state index contributed by atoms with van der Waals surface area (Å²) in [6.45, 7) is 11.6. The molecular formula is C39H57N5O4. The van der Waals surface area contributed by atoms with Crippen LogP contribution in [0.2, 0.25) is 0 Å². The third-order valence-corrected chi connectivity index (χ3v) is 11.6. The van der Waals surface area contributed by atoms with Gasteiger partial charge in [-0.1, -0.05) is 76.9 Å². The molecular weight excluding hydrogens is 602 g/mol. The van der Waals surface area contributed by atoms with Gasteiger partial charge in [0.15, 0.2) is 0 Å². The Morgan fingerprint density at radius 1 is 1.04 bits per heavy atom. The number of rotatable bonds is 16. The molecule has 0 spiro atoms. The number of nitrogens with two attached hydrogens (primary N) is 1.